The summed E-state index contributed by atoms with van der Waals surface area (Å²) in [5.41, 5.74) is 3.99. The summed E-state index contributed by atoms with van der Waals surface area (Å²) in [7, 11) is 0. The summed E-state index contributed by atoms with van der Waals surface area (Å²) in [6, 6.07) is 7.78. The molecule has 4 nitrogen and oxygen atoms in total. The first-order valence-electron chi connectivity index (χ1n) is 5.66. The van der Waals surface area contributed by atoms with Crippen molar-refractivity contribution in [2.24, 2.45) is 0 Å². The maximum absolute atomic E-state index is 11.2. The minimum atomic E-state index is -0.946. The average molecular weight is 240 g/mol. The Hall–Kier alpha value is -2.49. The maximum Gasteiger partial charge on any atom is 0.352 e. The lowest BCUT2D eigenvalue weighted by Gasteiger charge is -2.01. The first kappa shape index (κ1) is 10.7. The molecule has 0 aliphatic carbocycles. The van der Waals surface area contributed by atoms with Crippen molar-refractivity contribution in [1.29, 1.82) is 0 Å². The number of aromatic carboxylic acids is 1. The number of aromatic amines is 2. The third-order valence-electron chi connectivity index (χ3n) is 3.17. The molecule has 1 aromatic carbocycles. The number of fused-ring (bicyclic) bond motifs is 1. The molecule has 90 valence electrons. The van der Waals surface area contributed by atoms with Crippen LogP contribution in [0.2, 0.25) is 0 Å². The summed E-state index contributed by atoms with van der Waals surface area (Å²) in [5, 5.41) is 10.2. The number of carbonyl (C=O) groups is 1. The van der Waals surface area contributed by atoms with Crippen LogP contribution in [0.15, 0.2) is 36.7 Å². The van der Waals surface area contributed by atoms with E-state index in [1.807, 2.05) is 31.3 Å². The number of H-pyrrole nitrogens is 2. The van der Waals surface area contributed by atoms with Gasteiger partial charge in [-0.05, 0) is 24.6 Å². The number of hydrogen-bond donors (Lipinski definition) is 3. The van der Waals surface area contributed by atoms with Crippen LogP contribution in [0.25, 0.3) is 22.0 Å². The Labute approximate surface area is 103 Å². The molecule has 18 heavy (non-hydrogen) atoms. The van der Waals surface area contributed by atoms with Gasteiger partial charge < -0.3 is 15.1 Å². The van der Waals surface area contributed by atoms with Gasteiger partial charge in [0, 0.05) is 34.4 Å². The Morgan fingerprint density at radius 3 is 2.78 bits per heavy atom. The number of benzene rings is 1. The largest absolute Gasteiger partial charge is 0.477 e. The van der Waals surface area contributed by atoms with Crippen LogP contribution in [0.3, 0.4) is 0 Å². The van der Waals surface area contributed by atoms with E-state index in [0.29, 0.717) is 5.56 Å². The van der Waals surface area contributed by atoms with Gasteiger partial charge in [0.2, 0.25) is 0 Å². The lowest BCUT2D eigenvalue weighted by Crippen LogP contribution is -1.98. The number of aryl methyl sites for hydroxylation is 1. The molecule has 2 aromatic heterocycles. The summed E-state index contributed by atoms with van der Waals surface area (Å²) in [6.07, 6.45) is 3.50. The standard InChI is InChI=1S/C14H12N2O2/c1-8-3-2-4-11-12(8)10(7-16-11)9-5-6-15-13(9)14(17)18/h2-7,15-16H,1H3,(H,17,18). The first-order chi connectivity index (χ1) is 8.68. The highest BCUT2D eigenvalue weighted by molar-refractivity contribution is 6.03. The molecule has 0 unspecified atom stereocenters. The normalized spacial score (nSPS) is 10.9. The van der Waals surface area contributed by atoms with Gasteiger partial charge in [-0.15, -0.1) is 0 Å². The van der Waals surface area contributed by atoms with Gasteiger partial charge in [0.1, 0.15) is 5.69 Å². The zero-order valence-electron chi connectivity index (χ0n) is 9.82. The Morgan fingerprint density at radius 2 is 2.00 bits per heavy atom. The molecule has 0 bridgehead atoms. The zero-order valence-corrected chi connectivity index (χ0v) is 9.82. The van der Waals surface area contributed by atoms with Gasteiger partial charge in [0.15, 0.2) is 0 Å². The predicted molar refractivity (Wildman–Crippen MR) is 69.8 cm³/mol. The van der Waals surface area contributed by atoms with Crippen LogP contribution >= 0.6 is 0 Å². The van der Waals surface area contributed by atoms with Crippen LogP contribution in [0, 0.1) is 6.92 Å². The summed E-state index contributed by atoms with van der Waals surface area (Å²) < 4.78 is 0. The van der Waals surface area contributed by atoms with E-state index < -0.39 is 5.97 Å². The van der Waals surface area contributed by atoms with E-state index in [1.165, 1.54) is 0 Å². The number of hydrogen-bond acceptors (Lipinski definition) is 1. The number of rotatable bonds is 2. The van der Waals surface area contributed by atoms with Crippen LogP contribution in [-0.4, -0.2) is 21.0 Å². The fourth-order valence-corrected chi connectivity index (χ4v) is 2.35. The Morgan fingerprint density at radius 1 is 1.17 bits per heavy atom. The third-order valence-corrected chi connectivity index (χ3v) is 3.17. The van der Waals surface area contributed by atoms with Crippen molar-refractivity contribution in [2.45, 2.75) is 6.92 Å². The molecular formula is C14H12N2O2. The minimum Gasteiger partial charge on any atom is -0.477 e. The topological polar surface area (TPSA) is 68.9 Å². The summed E-state index contributed by atoms with van der Waals surface area (Å²) in [4.78, 5) is 17.1. The summed E-state index contributed by atoms with van der Waals surface area (Å²) in [6.45, 7) is 2.02. The van der Waals surface area contributed by atoms with Crippen LogP contribution in [0.1, 0.15) is 16.1 Å². The summed E-state index contributed by atoms with van der Waals surface area (Å²) >= 11 is 0. The molecule has 0 spiro atoms. The lowest BCUT2D eigenvalue weighted by atomic mass is 10.0. The highest BCUT2D eigenvalue weighted by Gasteiger charge is 2.16. The van der Waals surface area contributed by atoms with E-state index in [4.69, 9.17) is 5.11 Å². The molecule has 0 saturated carbocycles. The molecule has 3 rings (SSSR count). The molecular weight excluding hydrogens is 228 g/mol. The molecule has 3 N–H and O–H groups in total. The van der Waals surface area contributed by atoms with E-state index in [-0.39, 0.29) is 5.69 Å². The van der Waals surface area contributed by atoms with Crippen molar-refractivity contribution < 1.29 is 9.90 Å². The molecule has 0 saturated heterocycles. The predicted octanol–water partition coefficient (Wildman–Crippen LogP) is 3.17. The van der Waals surface area contributed by atoms with Crippen molar-refractivity contribution in [2.75, 3.05) is 0 Å². The van der Waals surface area contributed by atoms with E-state index >= 15 is 0 Å². The number of carboxylic acid groups (broad SMARTS) is 1. The van der Waals surface area contributed by atoms with Crippen LogP contribution < -0.4 is 0 Å². The Balaban J connectivity index is 2.32. The van der Waals surface area contributed by atoms with Gasteiger partial charge in [-0.3, -0.25) is 0 Å². The maximum atomic E-state index is 11.2. The van der Waals surface area contributed by atoms with E-state index in [1.54, 1.807) is 12.3 Å². The molecule has 3 aromatic rings. The molecule has 0 fully saturated rings. The average Bonchev–Trinajstić information content (AvgIpc) is 2.94. The van der Waals surface area contributed by atoms with Crippen LogP contribution in [0.4, 0.5) is 0 Å². The van der Waals surface area contributed by atoms with Crippen molar-refractivity contribution in [1.82, 2.24) is 9.97 Å². The molecule has 4 heteroatoms. The minimum absolute atomic E-state index is 0.221. The van der Waals surface area contributed by atoms with Crippen molar-refractivity contribution in [3.05, 3.63) is 47.9 Å². The second kappa shape index (κ2) is 3.77. The van der Waals surface area contributed by atoms with Crippen LogP contribution in [0.5, 0.6) is 0 Å². The zero-order chi connectivity index (χ0) is 12.7. The van der Waals surface area contributed by atoms with E-state index in [9.17, 15) is 4.79 Å². The lowest BCUT2D eigenvalue weighted by molar-refractivity contribution is 0.0692. The van der Waals surface area contributed by atoms with Gasteiger partial charge in [-0.25, -0.2) is 4.79 Å². The number of nitrogens with one attached hydrogen (secondary N) is 2. The number of carboxylic acids is 1. The molecule has 0 atom stereocenters. The van der Waals surface area contributed by atoms with Gasteiger partial charge in [0.05, 0.1) is 0 Å². The highest BCUT2D eigenvalue weighted by Crippen LogP contribution is 2.32. The first-order valence-corrected chi connectivity index (χ1v) is 5.66. The molecule has 0 aliphatic rings. The second-order valence-electron chi connectivity index (χ2n) is 4.27. The van der Waals surface area contributed by atoms with Gasteiger partial charge in [0.25, 0.3) is 0 Å². The fourth-order valence-electron chi connectivity index (χ4n) is 2.35. The fraction of sp³-hybridized carbons (Fsp3) is 0.0714. The van der Waals surface area contributed by atoms with Crippen molar-refractivity contribution in [3.8, 4) is 11.1 Å². The number of aromatic nitrogens is 2. The SMILES string of the molecule is Cc1cccc2[nH]cc(-c3cc[nH]c3C(=O)O)c12. The van der Waals surface area contributed by atoms with Crippen molar-refractivity contribution >= 4 is 16.9 Å². The smallest absolute Gasteiger partial charge is 0.352 e. The molecule has 0 aliphatic heterocycles. The van der Waals surface area contributed by atoms with E-state index in [2.05, 4.69) is 9.97 Å². The second-order valence-corrected chi connectivity index (χ2v) is 4.27. The van der Waals surface area contributed by atoms with Gasteiger partial charge in [-0.1, -0.05) is 12.1 Å². The Kier molecular flexibility index (Phi) is 2.23. The molecule has 2 heterocycles. The Bertz CT molecular complexity index is 737. The molecule has 0 amide bonds. The van der Waals surface area contributed by atoms with Gasteiger partial charge >= 0.3 is 5.97 Å². The van der Waals surface area contributed by atoms with E-state index in [0.717, 1.165) is 22.0 Å². The quantitative estimate of drug-likeness (QED) is 0.644. The van der Waals surface area contributed by atoms with Gasteiger partial charge in [-0.2, -0.15) is 0 Å². The molecule has 0 radical (unpaired) electrons. The van der Waals surface area contributed by atoms with Crippen molar-refractivity contribution in [3.63, 3.8) is 0 Å². The van der Waals surface area contributed by atoms with Crippen LogP contribution in [-0.2, 0) is 0 Å². The third kappa shape index (κ3) is 1.43. The summed E-state index contributed by atoms with van der Waals surface area (Å²) in [5.74, 6) is -0.946. The monoisotopic (exact) mass is 240 g/mol. The highest BCUT2D eigenvalue weighted by atomic mass is 16.4.